The van der Waals surface area contributed by atoms with Gasteiger partial charge in [0.05, 0.1) is 11.9 Å². The third kappa shape index (κ3) is 3.11. The maximum Gasteiger partial charge on any atom is 0.262 e. The molecule has 2 heterocycles. The van der Waals surface area contributed by atoms with Crippen molar-refractivity contribution < 1.29 is 0 Å². The van der Waals surface area contributed by atoms with Crippen LogP contribution in [0.3, 0.4) is 0 Å². The number of aromatic amines is 1. The van der Waals surface area contributed by atoms with Crippen LogP contribution in [-0.2, 0) is 6.42 Å². The van der Waals surface area contributed by atoms with Crippen molar-refractivity contribution in [1.82, 2.24) is 19.7 Å². The molecule has 3 rings (SSSR count). The van der Waals surface area contributed by atoms with E-state index in [0.29, 0.717) is 17.0 Å². The fraction of sp³-hybridized carbons (Fsp3) is 0.421. The molecule has 0 unspecified atom stereocenters. The van der Waals surface area contributed by atoms with Crippen molar-refractivity contribution in [2.24, 2.45) is 5.92 Å². The maximum atomic E-state index is 12.4. The molecule has 5 heteroatoms. The van der Waals surface area contributed by atoms with Crippen molar-refractivity contribution in [1.29, 1.82) is 0 Å². The normalized spacial score (nSPS) is 16.9. The fourth-order valence-electron chi connectivity index (χ4n) is 3.47. The van der Waals surface area contributed by atoms with Crippen LogP contribution in [-0.4, -0.2) is 19.7 Å². The smallest absolute Gasteiger partial charge is 0.262 e. The zero-order valence-corrected chi connectivity index (χ0v) is 14.4. The lowest BCUT2D eigenvalue weighted by Gasteiger charge is -2.10. The molecular formula is C19H24N4O. The Kier molecular flexibility index (Phi) is 4.79. The molecule has 0 atom stereocenters. The van der Waals surface area contributed by atoms with Gasteiger partial charge < -0.3 is 4.98 Å². The summed E-state index contributed by atoms with van der Waals surface area (Å²) in [6, 6.07) is 0. The van der Waals surface area contributed by atoms with Gasteiger partial charge in [0, 0.05) is 6.42 Å². The molecule has 0 amide bonds. The molecule has 2 aromatic rings. The highest BCUT2D eigenvalue weighted by Gasteiger charge is 2.18. The van der Waals surface area contributed by atoms with E-state index in [1.165, 1.54) is 25.7 Å². The first-order valence-electron chi connectivity index (χ1n) is 8.57. The molecule has 1 aliphatic rings. The molecule has 1 aliphatic carbocycles. The van der Waals surface area contributed by atoms with Crippen LogP contribution in [0, 0.1) is 5.92 Å². The highest BCUT2D eigenvalue weighted by Crippen LogP contribution is 2.27. The largest absolute Gasteiger partial charge is 0.310 e. The van der Waals surface area contributed by atoms with Crippen molar-refractivity contribution in [3.8, 4) is 0 Å². The van der Waals surface area contributed by atoms with Crippen molar-refractivity contribution in [2.45, 2.75) is 46.0 Å². The molecule has 1 fully saturated rings. The van der Waals surface area contributed by atoms with Gasteiger partial charge in [0.15, 0.2) is 5.65 Å². The Morgan fingerprint density at radius 2 is 2.21 bits per heavy atom. The number of hydrogen-bond acceptors (Lipinski definition) is 3. The Morgan fingerprint density at radius 3 is 2.88 bits per heavy atom. The summed E-state index contributed by atoms with van der Waals surface area (Å²) in [5, 5.41) is 4.89. The van der Waals surface area contributed by atoms with Gasteiger partial charge in [0.1, 0.15) is 11.2 Å². The monoisotopic (exact) mass is 324 g/mol. The van der Waals surface area contributed by atoms with Crippen molar-refractivity contribution in [3.05, 3.63) is 52.8 Å². The van der Waals surface area contributed by atoms with Crippen LogP contribution in [0.2, 0.25) is 0 Å². The van der Waals surface area contributed by atoms with Gasteiger partial charge in [0.25, 0.3) is 5.56 Å². The minimum Gasteiger partial charge on any atom is -0.310 e. The molecule has 2 aromatic heterocycles. The van der Waals surface area contributed by atoms with Crippen LogP contribution >= 0.6 is 0 Å². The predicted octanol–water partition coefficient (Wildman–Crippen LogP) is 3.85. The Balaban J connectivity index is 2.09. The van der Waals surface area contributed by atoms with E-state index in [1.54, 1.807) is 17.0 Å². The molecule has 1 saturated carbocycles. The van der Waals surface area contributed by atoms with E-state index in [4.69, 9.17) is 4.98 Å². The number of nitrogens with one attached hydrogen (secondary N) is 1. The summed E-state index contributed by atoms with van der Waals surface area (Å²) in [4.78, 5) is 20.0. The van der Waals surface area contributed by atoms with Crippen LogP contribution in [0.15, 0.2) is 41.4 Å². The van der Waals surface area contributed by atoms with Crippen LogP contribution < -0.4 is 5.56 Å². The molecule has 0 aliphatic heterocycles. The number of fused-ring (bicyclic) bond motifs is 1. The summed E-state index contributed by atoms with van der Waals surface area (Å²) in [6.07, 6.45) is 13.1. The number of rotatable bonds is 5. The number of aromatic nitrogens is 4. The van der Waals surface area contributed by atoms with Crippen LogP contribution in [0.25, 0.3) is 16.7 Å². The first-order chi connectivity index (χ1) is 11.6. The number of nitrogens with zero attached hydrogens (tertiary/aromatic N) is 3. The van der Waals surface area contributed by atoms with Crippen LogP contribution in [0.1, 0.15) is 45.4 Å². The van der Waals surface area contributed by atoms with Crippen molar-refractivity contribution in [3.63, 3.8) is 0 Å². The average molecular weight is 324 g/mol. The van der Waals surface area contributed by atoms with Gasteiger partial charge in [-0.25, -0.2) is 9.67 Å². The third-order valence-electron chi connectivity index (χ3n) is 4.69. The molecule has 0 bridgehead atoms. The summed E-state index contributed by atoms with van der Waals surface area (Å²) in [7, 11) is 0. The van der Waals surface area contributed by atoms with Gasteiger partial charge in [-0.3, -0.25) is 4.79 Å². The summed E-state index contributed by atoms with van der Waals surface area (Å²) < 4.78 is 1.71. The van der Waals surface area contributed by atoms with Crippen molar-refractivity contribution >= 4 is 16.7 Å². The van der Waals surface area contributed by atoms with E-state index in [0.717, 1.165) is 23.5 Å². The summed E-state index contributed by atoms with van der Waals surface area (Å²) >= 11 is 0. The summed E-state index contributed by atoms with van der Waals surface area (Å²) in [5.74, 6) is 1.38. The van der Waals surface area contributed by atoms with Gasteiger partial charge in [-0.05, 0) is 31.4 Å². The number of H-pyrrole nitrogens is 1. The SMILES string of the molecule is C=C/C(=C(C)\C=C/C)n1ncc2c(=O)[nH]c(CC3CCCC3)nc21. The Morgan fingerprint density at radius 1 is 1.46 bits per heavy atom. The van der Waals surface area contributed by atoms with Gasteiger partial charge in [-0.1, -0.05) is 44.4 Å². The molecule has 0 aromatic carbocycles. The molecule has 24 heavy (non-hydrogen) atoms. The zero-order chi connectivity index (χ0) is 17.1. The van der Waals surface area contributed by atoms with Gasteiger partial charge in [0.2, 0.25) is 0 Å². The number of hydrogen-bond donors (Lipinski definition) is 1. The third-order valence-corrected chi connectivity index (χ3v) is 4.69. The molecule has 0 radical (unpaired) electrons. The minimum absolute atomic E-state index is 0.119. The standard InChI is InChI=1S/C19H24N4O/c1-4-8-13(3)16(5-2)23-18-15(12-20-23)19(24)22-17(21-18)11-14-9-6-7-10-14/h4-5,8,12,14H,2,6-7,9-11H2,1,3H3,(H,21,22,24)/b8-4-,16-13+. The van der Waals surface area contributed by atoms with Crippen LogP contribution in [0.5, 0.6) is 0 Å². The van der Waals surface area contributed by atoms with Gasteiger partial charge in [-0.2, -0.15) is 5.10 Å². The highest BCUT2D eigenvalue weighted by atomic mass is 16.1. The van der Waals surface area contributed by atoms with E-state index in [2.05, 4.69) is 16.7 Å². The molecule has 0 saturated heterocycles. The lowest BCUT2D eigenvalue weighted by molar-refractivity contribution is 0.530. The first kappa shape index (κ1) is 16.4. The Labute approximate surface area is 141 Å². The Hall–Kier alpha value is -2.43. The molecule has 5 nitrogen and oxygen atoms in total. The van der Waals surface area contributed by atoms with Crippen molar-refractivity contribution in [2.75, 3.05) is 0 Å². The molecular weight excluding hydrogens is 300 g/mol. The lowest BCUT2D eigenvalue weighted by atomic mass is 10.0. The van der Waals surface area contributed by atoms with E-state index in [9.17, 15) is 4.79 Å². The average Bonchev–Trinajstić information content (AvgIpc) is 3.19. The van der Waals surface area contributed by atoms with Gasteiger partial charge in [-0.15, -0.1) is 0 Å². The second-order valence-corrected chi connectivity index (χ2v) is 6.43. The zero-order valence-electron chi connectivity index (χ0n) is 14.4. The highest BCUT2D eigenvalue weighted by molar-refractivity contribution is 5.79. The molecule has 0 spiro atoms. The van der Waals surface area contributed by atoms with Gasteiger partial charge >= 0.3 is 0 Å². The quantitative estimate of drug-likeness (QED) is 0.850. The maximum absolute atomic E-state index is 12.4. The van der Waals surface area contributed by atoms with Crippen LogP contribution in [0.4, 0.5) is 0 Å². The van der Waals surface area contributed by atoms with E-state index in [-0.39, 0.29) is 5.56 Å². The summed E-state index contributed by atoms with van der Waals surface area (Å²) in [6.45, 7) is 7.85. The minimum atomic E-state index is -0.119. The summed E-state index contributed by atoms with van der Waals surface area (Å²) in [5.41, 5.74) is 2.35. The second-order valence-electron chi connectivity index (χ2n) is 6.43. The second kappa shape index (κ2) is 6.99. The molecule has 1 N–H and O–H groups in total. The fourth-order valence-corrected chi connectivity index (χ4v) is 3.47. The first-order valence-corrected chi connectivity index (χ1v) is 8.57. The Bertz CT molecular complexity index is 863. The predicted molar refractivity (Wildman–Crippen MR) is 97.7 cm³/mol. The van der Waals surface area contributed by atoms with E-state index in [1.807, 2.05) is 26.0 Å². The molecule has 126 valence electrons. The topological polar surface area (TPSA) is 63.6 Å². The lowest BCUT2D eigenvalue weighted by Crippen LogP contribution is -2.15. The van der Waals surface area contributed by atoms with E-state index < -0.39 is 0 Å². The van der Waals surface area contributed by atoms with E-state index >= 15 is 0 Å². The number of allylic oxidation sites excluding steroid dienone is 5.